The molecule has 82 valence electrons. The molecule has 2 atom stereocenters. The number of carbonyl (C=O) groups is 1. The summed E-state index contributed by atoms with van der Waals surface area (Å²) < 4.78 is 4.92. The Labute approximate surface area is 85.9 Å². The molecule has 2 heterocycles. The quantitative estimate of drug-likeness (QED) is 0.571. The molecule has 1 amide bonds. The Morgan fingerprint density at radius 2 is 2.53 bits per heavy atom. The van der Waals surface area contributed by atoms with Gasteiger partial charge in [-0.25, -0.2) is 0 Å². The molecule has 0 aliphatic carbocycles. The summed E-state index contributed by atoms with van der Waals surface area (Å²) in [4.78, 5) is 15.1. The highest BCUT2D eigenvalue weighted by Gasteiger charge is 2.28. The SMILES string of the molecule is CNC(=O)c1noc([C@@H]2CC(O)CN2)n1. The van der Waals surface area contributed by atoms with E-state index in [1.54, 1.807) is 0 Å². The van der Waals surface area contributed by atoms with Crippen LogP contribution in [0.4, 0.5) is 0 Å². The highest BCUT2D eigenvalue weighted by atomic mass is 16.5. The van der Waals surface area contributed by atoms with Crippen LogP contribution in [0.25, 0.3) is 0 Å². The van der Waals surface area contributed by atoms with E-state index >= 15 is 0 Å². The van der Waals surface area contributed by atoms with Crippen LogP contribution in [0, 0.1) is 0 Å². The number of aliphatic hydroxyl groups excluding tert-OH is 1. The average molecular weight is 212 g/mol. The van der Waals surface area contributed by atoms with Crippen molar-refractivity contribution in [1.29, 1.82) is 0 Å². The second-order valence-corrected chi connectivity index (χ2v) is 3.39. The summed E-state index contributed by atoms with van der Waals surface area (Å²) in [6.45, 7) is 0.502. The third kappa shape index (κ3) is 1.97. The van der Waals surface area contributed by atoms with Crippen LogP contribution in [0.3, 0.4) is 0 Å². The van der Waals surface area contributed by atoms with Crippen molar-refractivity contribution in [3.05, 3.63) is 11.7 Å². The van der Waals surface area contributed by atoms with Gasteiger partial charge in [0.1, 0.15) is 0 Å². The zero-order chi connectivity index (χ0) is 10.8. The van der Waals surface area contributed by atoms with Crippen LogP contribution >= 0.6 is 0 Å². The zero-order valence-corrected chi connectivity index (χ0v) is 8.23. The van der Waals surface area contributed by atoms with Crippen LogP contribution in [0.2, 0.25) is 0 Å². The minimum absolute atomic E-state index is 0.00990. The summed E-state index contributed by atoms with van der Waals surface area (Å²) in [5.74, 6) is -0.0376. The molecule has 7 heteroatoms. The minimum Gasteiger partial charge on any atom is -0.392 e. The Balaban J connectivity index is 2.10. The summed E-state index contributed by atoms with van der Waals surface area (Å²) in [6, 6.07) is -0.161. The Morgan fingerprint density at radius 3 is 3.13 bits per heavy atom. The van der Waals surface area contributed by atoms with Crippen molar-refractivity contribution in [2.75, 3.05) is 13.6 Å². The van der Waals surface area contributed by atoms with Gasteiger partial charge in [-0.1, -0.05) is 5.16 Å². The zero-order valence-electron chi connectivity index (χ0n) is 8.23. The van der Waals surface area contributed by atoms with Gasteiger partial charge in [0.25, 0.3) is 11.7 Å². The number of nitrogens with zero attached hydrogens (tertiary/aromatic N) is 2. The van der Waals surface area contributed by atoms with E-state index < -0.39 is 6.10 Å². The first-order chi connectivity index (χ1) is 7.20. The van der Waals surface area contributed by atoms with Gasteiger partial charge >= 0.3 is 0 Å². The summed E-state index contributed by atoms with van der Waals surface area (Å²) in [5, 5.41) is 18.2. The highest BCUT2D eigenvalue weighted by Crippen LogP contribution is 2.21. The van der Waals surface area contributed by atoms with Gasteiger partial charge in [-0.3, -0.25) is 4.79 Å². The Kier molecular flexibility index (Phi) is 2.65. The fraction of sp³-hybridized carbons (Fsp3) is 0.625. The van der Waals surface area contributed by atoms with Gasteiger partial charge < -0.3 is 20.3 Å². The van der Waals surface area contributed by atoms with Gasteiger partial charge in [-0.05, 0) is 6.42 Å². The fourth-order valence-corrected chi connectivity index (χ4v) is 1.49. The van der Waals surface area contributed by atoms with Crippen molar-refractivity contribution in [3.63, 3.8) is 0 Å². The molecule has 15 heavy (non-hydrogen) atoms. The van der Waals surface area contributed by atoms with Crippen molar-refractivity contribution < 1.29 is 14.4 Å². The molecule has 1 aliphatic heterocycles. The molecule has 0 spiro atoms. The molecule has 1 aromatic heterocycles. The van der Waals surface area contributed by atoms with Crippen LogP contribution < -0.4 is 10.6 Å². The normalized spacial score (nSPS) is 25.5. The van der Waals surface area contributed by atoms with E-state index in [-0.39, 0.29) is 17.8 Å². The molecule has 0 bridgehead atoms. The third-order valence-electron chi connectivity index (χ3n) is 2.28. The largest absolute Gasteiger partial charge is 0.392 e. The lowest BCUT2D eigenvalue weighted by Crippen LogP contribution is -2.19. The molecule has 7 nitrogen and oxygen atoms in total. The van der Waals surface area contributed by atoms with Crippen molar-refractivity contribution in [2.45, 2.75) is 18.6 Å². The number of carbonyl (C=O) groups excluding carboxylic acids is 1. The van der Waals surface area contributed by atoms with Gasteiger partial charge in [-0.15, -0.1) is 0 Å². The minimum atomic E-state index is -0.398. The summed E-state index contributed by atoms with van der Waals surface area (Å²) >= 11 is 0. The highest BCUT2D eigenvalue weighted by molar-refractivity contribution is 5.89. The molecule has 3 N–H and O–H groups in total. The molecule has 0 radical (unpaired) electrons. The van der Waals surface area contributed by atoms with Crippen LogP contribution in [0.5, 0.6) is 0 Å². The summed E-state index contributed by atoms with van der Waals surface area (Å²) in [6.07, 6.45) is 0.125. The fourth-order valence-electron chi connectivity index (χ4n) is 1.49. The number of β-amino-alcohol motifs (C(OH)–C–C–N with tert-alkyl or cyclic N) is 1. The van der Waals surface area contributed by atoms with E-state index in [0.29, 0.717) is 18.9 Å². The predicted molar refractivity (Wildman–Crippen MR) is 49.1 cm³/mol. The van der Waals surface area contributed by atoms with E-state index in [2.05, 4.69) is 20.8 Å². The Morgan fingerprint density at radius 1 is 1.73 bits per heavy atom. The number of hydrogen-bond acceptors (Lipinski definition) is 6. The maximum Gasteiger partial charge on any atom is 0.292 e. The number of rotatable bonds is 2. The van der Waals surface area contributed by atoms with Crippen molar-refractivity contribution in [1.82, 2.24) is 20.8 Å². The van der Waals surface area contributed by atoms with Gasteiger partial charge in [0.15, 0.2) is 0 Å². The monoisotopic (exact) mass is 212 g/mol. The smallest absolute Gasteiger partial charge is 0.292 e. The molecule has 1 fully saturated rings. The Bertz CT molecular complexity index is 365. The maximum atomic E-state index is 11.1. The van der Waals surface area contributed by atoms with E-state index in [1.165, 1.54) is 7.05 Å². The lowest BCUT2D eigenvalue weighted by Gasteiger charge is -2.01. The van der Waals surface area contributed by atoms with E-state index in [1.807, 2.05) is 0 Å². The van der Waals surface area contributed by atoms with Gasteiger partial charge in [0, 0.05) is 13.6 Å². The van der Waals surface area contributed by atoms with E-state index in [4.69, 9.17) is 4.52 Å². The molecule has 0 saturated carbocycles. The molecular formula is C8H12N4O3. The van der Waals surface area contributed by atoms with E-state index in [0.717, 1.165) is 0 Å². The summed E-state index contributed by atoms with van der Waals surface area (Å²) in [7, 11) is 1.50. The predicted octanol–water partition coefficient (Wildman–Crippen LogP) is -1.18. The topological polar surface area (TPSA) is 100 Å². The maximum absolute atomic E-state index is 11.1. The van der Waals surface area contributed by atoms with E-state index in [9.17, 15) is 9.90 Å². The van der Waals surface area contributed by atoms with Crippen molar-refractivity contribution >= 4 is 5.91 Å². The molecule has 2 rings (SSSR count). The Hall–Kier alpha value is -1.47. The first-order valence-electron chi connectivity index (χ1n) is 4.68. The van der Waals surface area contributed by atoms with Crippen molar-refractivity contribution in [2.24, 2.45) is 0 Å². The van der Waals surface area contributed by atoms with Crippen molar-refractivity contribution in [3.8, 4) is 0 Å². The first-order valence-corrected chi connectivity index (χ1v) is 4.68. The summed E-state index contributed by atoms with van der Waals surface area (Å²) in [5.41, 5.74) is 0. The van der Waals surface area contributed by atoms with Crippen LogP contribution in [0.15, 0.2) is 4.52 Å². The molecule has 1 aromatic rings. The number of aliphatic hydroxyl groups is 1. The number of hydrogen-bond donors (Lipinski definition) is 3. The first kappa shape index (κ1) is 10.1. The van der Waals surface area contributed by atoms with Gasteiger partial charge in [-0.2, -0.15) is 4.98 Å². The molecule has 1 aliphatic rings. The van der Waals surface area contributed by atoms with Crippen LogP contribution in [0.1, 0.15) is 29.0 Å². The van der Waals surface area contributed by atoms with Crippen LogP contribution in [-0.2, 0) is 0 Å². The second-order valence-electron chi connectivity index (χ2n) is 3.39. The molecule has 1 unspecified atom stereocenters. The number of nitrogens with one attached hydrogen (secondary N) is 2. The standard InChI is InChI=1S/C8H12N4O3/c1-9-7(14)6-11-8(15-12-6)5-2-4(13)3-10-5/h4-5,10,13H,2-3H2,1H3,(H,9,14)/t4?,5-/m0/s1. The molecule has 0 aromatic carbocycles. The number of aromatic nitrogens is 2. The second kappa shape index (κ2) is 3.95. The number of amides is 1. The van der Waals surface area contributed by atoms with Gasteiger partial charge in [0.2, 0.25) is 5.89 Å². The lowest BCUT2D eigenvalue weighted by atomic mass is 10.2. The van der Waals surface area contributed by atoms with Crippen LogP contribution in [-0.4, -0.2) is 40.9 Å². The lowest BCUT2D eigenvalue weighted by molar-refractivity contribution is 0.0950. The third-order valence-corrected chi connectivity index (χ3v) is 2.28. The molecular weight excluding hydrogens is 200 g/mol. The average Bonchev–Trinajstić information content (AvgIpc) is 2.84. The van der Waals surface area contributed by atoms with Gasteiger partial charge in [0.05, 0.1) is 12.1 Å². The molecule has 1 saturated heterocycles.